The molecule has 2 atom stereocenters. The van der Waals surface area contributed by atoms with Crippen LogP contribution in [0, 0.1) is 0 Å². The van der Waals surface area contributed by atoms with Crippen molar-refractivity contribution in [3.8, 4) is 0 Å². The molecule has 28 heavy (non-hydrogen) atoms. The van der Waals surface area contributed by atoms with Crippen molar-refractivity contribution in [1.29, 1.82) is 0 Å². The van der Waals surface area contributed by atoms with Gasteiger partial charge in [-0.05, 0) is 89.7 Å². The highest BCUT2D eigenvalue weighted by molar-refractivity contribution is 9.13. The Bertz CT molecular complexity index is 767. The number of rotatable bonds is 8. The lowest BCUT2D eigenvalue weighted by Crippen LogP contribution is -2.44. The first-order chi connectivity index (χ1) is 13.1. The van der Waals surface area contributed by atoms with Crippen LogP contribution in [-0.4, -0.2) is 33.7 Å². The van der Waals surface area contributed by atoms with Gasteiger partial charge in [-0.1, -0.05) is 24.3 Å². The topological polar surface area (TPSA) is 79.2 Å². The Kier molecular flexibility index (Phi) is 9.55. The van der Waals surface area contributed by atoms with E-state index in [1.807, 2.05) is 36.4 Å². The predicted octanol–water partition coefficient (Wildman–Crippen LogP) is 5.99. The van der Waals surface area contributed by atoms with Crippen molar-refractivity contribution in [1.82, 2.24) is 0 Å². The third-order valence-corrected chi connectivity index (χ3v) is 8.63. The largest absolute Gasteiger partial charge is 0.391 e. The third-order valence-electron chi connectivity index (χ3n) is 4.09. The molecule has 0 saturated carbocycles. The second kappa shape index (κ2) is 10.8. The molecule has 0 saturated heterocycles. The Morgan fingerprint density at radius 1 is 0.929 bits per heavy atom. The summed E-state index contributed by atoms with van der Waals surface area (Å²) in [5.74, 6) is 0. The van der Waals surface area contributed by atoms with Gasteiger partial charge in [0.1, 0.15) is 0 Å². The van der Waals surface area contributed by atoms with E-state index < -0.39 is 26.4 Å². The number of aliphatic hydroxyl groups excluding tert-OH is 1. The van der Waals surface area contributed by atoms with E-state index in [-0.39, 0.29) is 6.61 Å². The summed E-state index contributed by atoms with van der Waals surface area (Å²) in [5.41, 5.74) is -0.126. The van der Waals surface area contributed by atoms with Gasteiger partial charge in [-0.25, -0.2) is 0 Å². The summed E-state index contributed by atoms with van der Waals surface area (Å²) in [4.78, 5) is 19.8. The van der Waals surface area contributed by atoms with Crippen molar-refractivity contribution in [2.45, 2.75) is 31.7 Å². The maximum atomic E-state index is 9.90. The van der Waals surface area contributed by atoms with E-state index in [1.165, 1.54) is 0 Å². The molecular weight excluding hydrogens is 647 g/mol. The Hall–Kier alpha value is 0.590. The first kappa shape index (κ1) is 24.9. The number of benzene rings is 2. The molecule has 2 aromatic carbocycles. The molecule has 0 fully saturated rings. The quantitative estimate of drug-likeness (QED) is 0.302. The van der Waals surface area contributed by atoms with Gasteiger partial charge >= 0.3 is 8.60 Å². The van der Waals surface area contributed by atoms with Crippen LogP contribution < -0.4 is 0 Å². The van der Waals surface area contributed by atoms with E-state index in [1.54, 1.807) is 13.8 Å². The first-order valence-corrected chi connectivity index (χ1v) is 12.5. The fourth-order valence-corrected chi connectivity index (χ4v) is 5.32. The van der Waals surface area contributed by atoms with Crippen molar-refractivity contribution in [3.63, 3.8) is 0 Å². The van der Waals surface area contributed by atoms with Gasteiger partial charge in [0.25, 0.3) is 0 Å². The summed E-state index contributed by atoms with van der Waals surface area (Å²) in [6.45, 7) is 3.44. The van der Waals surface area contributed by atoms with Crippen LogP contribution in [0.2, 0.25) is 0 Å². The van der Waals surface area contributed by atoms with Gasteiger partial charge in [0.05, 0.1) is 18.8 Å². The summed E-state index contributed by atoms with van der Waals surface area (Å²) < 4.78 is 14.7. The van der Waals surface area contributed by atoms with Gasteiger partial charge in [-0.15, -0.1) is 0 Å². The number of ether oxygens (including phenoxy) is 1. The van der Waals surface area contributed by atoms with Crippen LogP contribution in [0.15, 0.2) is 54.3 Å². The van der Waals surface area contributed by atoms with E-state index in [9.17, 15) is 14.9 Å². The smallest absolute Gasteiger partial charge is 0.328 e. The normalized spacial score (nSPS) is 14.4. The molecule has 0 heterocycles. The minimum absolute atomic E-state index is 0.0539. The Balaban J connectivity index is 2.83. The zero-order valence-corrected chi connectivity index (χ0v) is 22.2. The monoisotopic (exact) mass is 662 g/mol. The highest BCUT2D eigenvalue weighted by atomic mass is 79.9. The van der Waals surface area contributed by atoms with Gasteiger partial charge in [-0.3, -0.25) is 4.52 Å². The van der Waals surface area contributed by atoms with Crippen LogP contribution in [0.25, 0.3) is 0 Å². The number of hydrogen-bond acceptors (Lipinski definition) is 5. The van der Waals surface area contributed by atoms with E-state index in [2.05, 4.69) is 63.7 Å². The highest BCUT2D eigenvalue weighted by Crippen LogP contribution is 2.52. The van der Waals surface area contributed by atoms with Gasteiger partial charge in [0, 0.05) is 29.0 Å². The predicted molar refractivity (Wildman–Crippen MR) is 124 cm³/mol. The van der Waals surface area contributed by atoms with Crippen LogP contribution in [-0.2, 0) is 14.9 Å². The van der Waals surface area contributed by atoms with Crippen molar-refractivity contribution < 1.29 is 24.2 Å². The molecule has 0 spiro atoms. The number of halogens is 4. The molecule has 0 radical (unpaired) electrons. The molecule has 5 nitrogen and oxygen atoms in total. The number of hydrogen-bond donors (Lipinski definition) is 3. The second-order valence-corrected chi connectivity index (χ2v) is 10.1. The maximum absolute atomic E-state index is 9.90. The third kappa shape index (κ3) is 5.44. The lowest BCUT2D eigenvalue weighted by Gasteiger charge is -2.41. The molecule has 0 aliphatic carbocycles. The Morgan fingerprint density at radius 3 is 1.79 bits per heavy atom. The SMILES string of the molecule is CC(O)COC(C)C(OP(O)O)(c1cccc(Br)c1Br)c1cccc(Br)c1Br. The molecule has 0 aromatic heterocycles. The summed E-state index contributed by atoms with van der Waals surface area (Å²) in [6, 6.07) is 11.0. The Labute approximate surface area is 199 Å². The summed E-state index contributed by atoms with van der Waals surface area (Å²) in [6.07, 6.45) is -1.38. The summed E-state index contributed by atoms with van der Waals surface area (Å²) in [7, 11) is -2.75. The zero-order valence-electron chi connectivity index (χ0n) is 14.9. The van der Waals surface area contributed by atoms with Crippen molar-refractivity contribution in [3.05, 3.63) is 65.4 Å². The lowest BCUT2D eigenvalue weighted by molar-refractivity contribution is -0.0884. The van der Waals surface area contributed by atoms with Crippen molar-refractivity contribution in [2.75, 3.05) is 6.61 Å². The molecule has 0 amide bonds. The first-order valence-electron chi connectivity index (χ1n) is 8.16. The zero-order chi connectivity index (χ0) is 21.1. The molecule has 154 valence electrons. The fraction of sp³-hybridized carbons (Fsp3) is 0.333. The minimum Gasteiger partial charge on any atom is -0.391 e. The van der Waals surface area contributed by atoms with Crippen LogP contribution >= 0.6 is 72.3 Å². The molecule has 2 aromatic rings. The summed E-state index contributed by atoms with van der Waals surface area (Å²) >= 11 is 14.2. The molecular formula is C18H19Br4O5P. The Morgan fingerprint density at radius 2 is 1.39 bits per heavy atom. The minimum atomic E-state index is -2.75. The van der Waals surface area contributed by atoms with Gasteiger partial charge in [0.15, 0.2) is 5.60 Å². The highest BCUT2D eigenvalue weighted by Gasteiger charge is 2.47. The van der Waals surface area contributed by atoms with Gasteiger partial charge < -0.3 is 19.6 Å². The average Bonchev–Trinajstić information content (AvgIpc) is 2.62. The van der Waals surface area contributed by atoms with Gasteiger partial charge in [0.2, 0.25) is 0 Å². The van der Waals surface area contributed by atoms with E-state index in [0.717, 1.165) is 8.95 Å². The van der Waals surface area contributed by atoms with Crippen LogP contribution in [0.3, 0.4) is 0 Å². The molecule has 3 N–H and O–H groups in total. The summed E-state index contributed by atoms with van der Waals surface area (Å²) in [5, 5.41) is 9.69. The molecule has 2 unspecified atom stereocenters. The molecule has 0 bridgehead atoms. The van der Waals surface area contributed by atoms with Crippen molar-refractivity contribution in [2.24, 2.45) is 0 Å². The second-order valence-electron chi connectivity index (χ2n) is 6.11. The average molecular weight is 666 g/mol. The van der Waals surface area contributed by atoms with E-state index in [4.69, 9.17) is 9.26 Å². The van der Waals surface area contributed by atoms with Crippen LogP contribution in [0.5, 0.6) is 0 Å². The van der Waals surface area contributed by atoms with Crippen LogP contribution in [0.1, 0.15) is 25.0 Å². The fourth-order valence-electron chi connectivity index (χ4n) is 2.87. The maximum Gasteiger partial charge on any atom is 0.328 e. The standard InChI is InChI=1S/C18H19Br4O5P/c1-10(23)9-26-11(2)18(27-28(24)25,12-5-3-7-14(19)16(12)21)13-6-4-8-15(20)17(13)22/h3-8,10-11,23-25H,9H2,1-2H3. The number of aliphatic hydroxyl groups is 1. The molecule has 0 aliphatic heterocycles. The lowest BCUT2D eigenvalue weighted by atomic mass is 9.82. The van der Waals surface area contributed by atoms with Crippen molar-refractivity contribution >= 4 is 72.3 Å². The van der Waals surface area contributed by atoms with Gasteiger partial charge in [-0.2, -0.15) is 0 Å². The van der Waals surface area contributed by atoms with E-state index in [0.29, 0.717) is 20.1 Å². The molecule has 0 aliphatic rings. The molecule has 2 rings (SSSR count). The molecule has 10 heteroatoms. The van der Waals surface area contributed by atoms with E-state index >= 15 is 0 Å². The van der Waals surface area contributed by atoms with Crippen LogP contribution in [0.4, 0.5) is 0 Å².